The van der Waals surface area contributed by atoms with Crippen molar-refractivity contribution in [3.63, 3.8) is 0 Å². The van der Waals surface area contributed by atoms with Gasteiger partial charge >= 0.3 is 5.97 Å². The molecule has 134 valence electrons. The predicted octanol–water partition coefficient (Wildman–Crippen LogP) is 3.83. The largest absolute Gasteiger partial charge is 0.451 e. The molecule has 0 fully saturated rings. The molecule has 0 unspecified atom stereocenters. The summed E-state index contributed by atoms with van der Waals surface area (Å²) in [6.07, 6.45) is 0. The first kappa shape index (κ1) is 18.2. The van der Waals surface area contributed by atoms with Gasteiger partial charge in [-0.2, -0.15) is 0 Å². The molecule has 2 heterocycles. The third-order valence-electron chi connectivity index (χ3n) is 3.56. The lowest BCUT2D eigenvalue weighted by atomic mass is 10.2. The fourth-order valence-electron chi connectivity index (χ4n) is 2.16. The smallest absolute Gasteiger partial charge is 0.358 e. The number of aromatic nitrogens is 1. The van der Waals surface area contributed by atoms with Crippen molar-refractivity contribution >= 4 is 34.6 Å². The molecule has 8 heteroatoms. The van der Waals surface area contributed by atoms with Crippen LogP contribution in [0.1, 0.15) is 16.1 Å². The summed E-state index contributed by atoms with van der Waals surface area (Å²) in [5, 5.41) is 4.26. The third kappa shape index (κ3) is 4.33. The van der Waals surface area contributed by atoms with Gasteiger partial charge in [-0.05, 0) is 17.5 Å². The van der Waals surface area contributed by atoms with E-state index in [4.69, 9.17) is 4.74 Å². The molecule has 0 aliphatic heterocycles. The molecule has 0 aliphatic carbocycles. The number of ether oxygens (including phenoxy) is 1. The van der Waals surface area contributed by atoms with E-state index in [-0.39, 0.29) is 18.1 Å². The van der Waals surface area contributed by atoms with Gasteiger partial charge < -0.3 is 9.64 Å². The number of thiazole rings is 1. The Bertz CT molecular complexity index is 909. The molecule has 0 aliphatic rings. The number of carbonyl (C=O) groups excluding carboxylic acids is 2. The molecule has 26 heavy (non-hydrogen) atoms. The molecular formula is C18H15FN2O3S2. The van der Waals surface area contributed by atoms with Crippen LogP contribution >= 0.6 is 22.7 Å². The number of hydrogen-bond acceptors (Lipinski definition) is 6. The van der Waals surface area contributed by atoms with E-state index in [1.54, 1.807) is 23.6 Å². The normalized spacial score (nSPS) is 10.5. The van der Waals surface area contributed by atoms with E-state index < -0.39 is 18.5 Å². The van der Waals surface area contributed by atoms with Crippen molar-refractivity contribution in [1.82, 2.24) is 9.88 Å². The second-order valence-corrected chi connectivity index (χ2v) is 7.24. The summed E-state index contributed by atoms with van der Waals surface area (Å²) in [6, 6.07) is 10.0. The van der Waals surface area contributed by atoms with Gasteiger partial charge in [0.2, 0.25) is 0 Å². The highest BCUT2D eigenvalue weighted by molar-refractivity contribution is 7.20. The Hall–Kier alpha value is -2.58. The second kappa shape index (κ2) is 8.20. The van der Waals surface area contributed by atoms with E-state index in [9.17, 15) is 14.0 Å². The minimum atomic E-state index is -0.656. The Morgan fingerprint density at radius 1 is 1.19 bits per heavy atom. The lowest BCUT2D eigenvalue weighted by Gasteiger charge is -2.17. The van der Waals surface area contributed by atoms with Crippen molar-refractivity contribution < 1.29 is 18.7 Å². The Morgan fingerprint density at radius 3 is 2.73 bits per heavy atom. The van der Waals surface area contributed by atoms with E-state index >= 15 is 0 Å². The van der Waals surface area contributed by atoms with E-state index in [2.05, 4.69) is 4.98 Å². The summed E-state index contributed by atoms with van der Waals surface area (Å²) >= 11 is 2.87. The highest BCUT2D eigenvalue weighted by atomic mass is 32.1. The molecule has 0 bridgehead atoms. The topological polar surface area (TPSA) is 59.5 Å². The van der Waals surface area contributed by atoms with E-state index in [1.807, 2.05) is 17.5 Å². The lowest BCUT2D eigenvalue weighted by molar-refractivity contribution is -0.133. The lowest BCUT2D eigenvalue weighted by Crippen LogP contribution is -2.31. The van der Waals surface area contributed by atoms with Gasteiger partial charge in [0.15, 0.2) is 12.3 Å². The van der Waals surface area contributed by atoms with Crippen LogP contribution in [0.15, 0.2) is 47.2 Å². The van der Waals surface area contributed by atoms with Crippen molar-refractivity contribution in [1.29, 1.82) is 0 Å². The molecule has 3 rings (SSSR count). The quantitative estimate of drug-likeness (QED) is 0.600. The molecule has 0 spiro atoms. The van der Waals surface area contributed by atoms with Crippen LogP contribution in [0.3, 0.4) is 0 Å². The van der Waals surface area contributed by atoms with Crippen molar-refractivity contribution in [2.24, 2.45) is 0 Å². The Kier molecular flexibility index (Phi) is 5.75. The number of rotatable bonds is 6. The van der Waals surface area contributed by atoms with Crippen LogP contribution in [0.4, 0.5) is 4.39 Å². The number of amides is 1. The summed E-state index contributed by atoms with van der Waals surface area (Å²) in [5.74, 6) is -1.46. The zero-order valence-corrected chi connectivity index (χ0v) is 15.5. The average Bonchev–Trinajstić information content (AvgIpc) is 3.32. The summed E-state index contributed by atoms with van der Waals surface area (Å²) < 4.78 is 18.7. The van der Waals surface area contributed by atoms with Gasteiger partial charge in [-0.15, -0.1) is 22.7 Å². The van der Waals surface area contributed by atoms with Crippen LogP contribution < -0.4 is 0 Å². The van der Waals surface area contributed by atoms with Crippen LogP contribution in [-0.4, -0.2) is 35.4 Å². The molecule has 5 nitrogen and oxygen atoms in total. The average molecular weight is 390 g/mol. The highest BCUT2D eigenvalue weighted by Crippen LogP contribution is 2.27. The van der Waals surface area contributed by atoms with E-state index in [1.165, 1.54) is 40.7 Å². The van der Waals surface area contributed by atoms with Crippen LogP contribution in [0.2, 0.25) is 0 Å². The van der Waals surface area contributed by atoms with Gasteiger partial charge in [-0.25, -0.2) is 14.2 Å². The van der Waals surface area contributed by atoms with Crippen molar-refractivity contribution in [3.05, 3.63) is 64.2 Å². The molecule has 2 aromatic heterocycles. The number of thiophene rings is 1. The fraction of sp³-hybridized carbons (Fsp3) is 0.167. The number of esters is 1. The van der Waals surface area contributed by atoms with Crippen LogP contribution in [0.25, 0.3) is 9.88 Å². The fourth-order valence-corrected chi connectivity index (χ4v) is 3.77. The molecule has 0 saturated carbocycles. The number of likely N-dealkylation sites (N-methyl/N-ethyl adjacent to an activating group) is 1. The first-order valence-corrected chi connectivity index (χ1v) is 9.44. The van der Waals surface area contributed by atoms with Crippen molar-refractivity contribution in [3.8, 4) is 9.88 Å². The molecular weight excluding hydrogens is 375 g/mol. The Morgan fingerprint density at radius 2 is 2.00 bits per heavy atom. The van der Waals surface area contributed by atoms with Gasteiger partial charge in [0.05, 0.1) is 4.88 Å². The summed E-state index contributed by atoms with van der Waals surface area (Å²) in [4.78, 5) is 30.7. The maximum atomic E-state index is 13.6. The molecule has 0 atom stereocenters. The number of nitrogens with zero attached hydrogens (tertiary/aromatic N) is 2. The third-order valence-corrected chi connectivity index (χ3v) is 5.44. The molecule has 1 amide bonds. The van der Waals surface area contributed by atoms with Crippen molar-refractivity contribution in [2.45, 2.75) is 6.54 Å². The first-order chi connectivity index (χ1) is 12.5. The van der Waals surface area contributed by atoms with Crippen LogP contribution in [-0.2, 0) is 16.1 Å². The second-order valence-electron chi connectivity index (χ2n) is 5.43. The number of carbonyl (C=O) groups is 2. The van der Waals surface area contributed by atoms with Gasteiger partial charge in [-0.3, -0.25) is 4.79 Å². The molecule has 3 aromatic rings. The Balaban J connectivity index is 1.54. The number of benzene rings is 1. The number of hydrogen-bond donors (Lipinski definition) is 0. The molecule has 1 aromatic carbocycles. The summed E-state index contributed by atoms with van der Waals surface area (Å²) in [7, 11) is 1.53. The minimum Gasteiger partial charge on any atom is -0.451 e. The van der Waals surface area contributed by atoms with Crippen LogP contribution in [0, 0.1) is 5.82 Å². The maximum Gasteiger partial charge on any atom is 0.358 e. The molecule has 0 saturated heterocycles. The molecule has 0 radical (unpaired) electrons. The summed E-state index contributed by atoms with van der Waals surface area (Å²) in [5.41, 5.74) is 0.567. The van der Waals surface area contributed by atoms with E-state index in [0.717, 1.165) is 9.88 Å². The van der Waals surface area contributed by atoms with Gasteiger partial charge in [0.1, 0.15) is 10.8 Å². The van der Waals surface area contributed by atoms with Gasteiger partial charge in [0, 0.05) is 24.5 Å². The first-order valence-electron chi connectivity index (χ1n) is 7.68. The Labute approximate surface area is 157 Å². The van der Waals surface area contributed by atoms with Gasteiger partial charge in [0.25, 0.3) is 5.91 Å². The van der Waals surface area contributed by atoms with Crippen molar-refractivity contribution in [2.75, 3.05) is 13.7 Å². The predicted molar refractivity (Wildman–Crippen MR) is 98.6 cm³/mol. The zero-order valence-electron chi connectivity index (χ0n) is 13.8. The summed E-state index contributed by atoms with van der Waals surface area (Å²) in [6.45, 7) is -0.321. The van der Waals surface area contributed by atoms with E-state index in [0.29, 0.717) is 5.56 Å². The minimum absolute atomic E-state index is 0.0995. The SMILES string of the molecule is CN(Cc1ccccc1F)C(=O)COC(=O)c1csc(-c2cccs2)n1. The standard InChI is InChI=1S/C18H15FN2O3S2/c1-21(9-12-5-2-3-6-13(12)19)16(22)10-24-18(23)14-11-26-17(20-14)15-7-4-8-25-15/h2-8,11H,9-10H2,1H3. The molecule has 0 N–H and O–H groups in total. The van der Waals surface area contributed by atoms with Crippen LogP contribution in [0.5, 0.6) is 0 Å². The monoisotopic (exact) mass is 390 g/mol. The zero-order chi connectivity index (χ0) is 18.5. The maximum absolute atomic E-state index is 13.6. The van der Waals surface area contributed by atoms with Gasteiger partial charge in [-0.1, -0.05) is 24.3 Å². The number of halogens is 1. The highest BCUT2D eigenvalue weighted by Gasteiger charge is 2.17.